The van der Waals surface area contributed by atoms with Gasteiger partial charge < -0.3 is 5.11 Å². The third-order valence-electron chi connectivity index (χ3n) is 4.01. The van der Waals surface area contributed by atoms with Crippen molar-refractivity contribution < 1.29 is 14.8 Å². The van der Waals surface area contributed by atoms with E-state index in [1.165, 1.54) is 36.2 Å². The molecule has 7 nitrogen and oxygen atoms in total. The van der Waals surface area contributed by atoms with Crippen LogP contribution in [0.3, 0.4) is 0 Å². The number of nitro benzene ring substituents is 1. The first kappa shape index (κ1) is 21.5. The first-order chi connectivity index (χ1) is 14.3. The van der Waals surface area contributed by atoms with Crippen molar-refractivity contribution in [1.29, 1.82) is 0 Å². The summed E-state index contributed by atoms with van der Waals surface area (Å²) in [6.45, 7) is 1.97. The molecule has 0 saturated carbocycles. The Labute approximate surface area is 185 Å². The van der Waals surface area contributed by atoms with Gasteiger partial charge >= 0.3 is 0 Å². The van der Waals surface area contributed by atoms with Gasteiger partial charge in [0, 0.05) is 21.0 Å². The number of carbonyl (C=O) groups excluding carboxylic acids is 1. The second kappa shape index (κ2) is 9.55. The molecular formula is C21H16BrN3O4S. The molecule has 0 radical (unpaired) electrons. The second-order valence-corrected chi connectivity index (χ2v) is 8.29. The van der Waals surface area contributed by atoms with E-state index in [0.717, 1.165) is 10.5 Å². The maximum absolute atomic E-state index is 12.1. The molecule has 0 unspecified atom stereocenters. The molecule has 0 aliphatic heterocycles. The van der Waals surface area contributed by atoms with Crippen LogP contribution in [0.2, 0.25) is 0 Å². The van der Waals surface area contributed by atoms with Crippen LogP contribution in [-0.4, -0.2) is 22.2 Å². The number of aromatic hydroxyl groups is 1. The fraction of sp³-hybridized carbons (Fsp3) is 0.0476. The van der Waals surface area contributed by atoms with Gasteiger partial charge in [-0.15, -0.1) is 0 Å². The molecule has 1 amide bonds. The van der Waals surface area contributed by atoms with Gasteiger partial charge in [-0.25, -0.2) is 5.43 Å². The maximum atomic E-state index is 12.1. The zero-order chi connectivity index (χ0) is 21.7. The predicted octanol–water partition coefficient (Wildman–Crippen LogP) is 5.29. The number of hydrogen-bond acceptors (Lipinski definition) is 6. The van der Waals surface area contributed by atoms with Crippen molar-refractivity contribution in [3.05, 3.63) is 91.9 Å². The van der Waals surface area contributed by atoms with Gasteiger partial charge in [-0.05, 0) is 43.3 Å². The number of phenolic OH excluding ortho intramolecular Hbond substituents is 1. The number of halogens is 1. The van der Waals surface area contributed by atoms with E-state index in [0.29, 0.717) is 14.9 Å². The summed E-state index contributed by atoms with van der Waals surface area (Å²) < 4.78 is 0.631. The normalized spacial score (nSPS) is 10.9. The number of aryl methyl sites for hydroxylation is 1. The first-order valence-electron chi connectivity index (χ1n) is 8.68. The molecule has 0 spiro atoms. The molecule has 9 heteroatoms. The third kappa shape index (κ3) is 5.46. The van der Waals surface area contributed by atoms with Gasteiger partial charge in [0.25, 0.3) is 11.6 Å². The molecule has 0 aliphatic carbocycles. The fourth-order valence-corrected chi connectivity index (χ4v) is 3.75. The lowest BCUT2D eigenvalue weighted by molar-refractivity contribution is -0.387. The van der Waals surface area contributed by atoms with E-state index < -0.39 is 10.8 Å². The lowest BCUT2D eigenvalue weighted by Gasteiger charge is -2.05. The van der Waals surface area contributed by atoms with E-state index in [1.807, 2.05) is 31.2 Å². The molecule has 3 aromatic rings. The summed E-state index contributed by atoms with van der Waals surface area (Å²) in [5.74, 6) is -0.787. The van der Waals surface area contributed by atoms with Crippen molar-refractivity contribution in [3.63, 3.8) is 0 Å². The molecule has 0 aromatic heterocycles. The zero-order valence-corrected chi connectivity index (χ0v) is 18.1. The average Bonchev–Trinajstić information content (AvgIpc) is 2.72. The van der Waals surface area contributed by atoms with Crippen LogP contribution in [0, 0.1) is 17.0 Å². The highest BCUT2D eigenvalue weighted by molar-refractivity contribution is 9.10. The number of amides is 1. The zero-order valence-electron chi connectivity index (χ0n) is 15.7. The van der Waals surface area contributed by atoms with Gasteiger partial charge in [-0.3, -0.25) is 14.9 Å². The number of hydrazone groups is 1. The van der Waals surface area contributed by atoms with E-state index >= 15 is 0 Å². The summed E-state index contributed by atoms with van der Waals surface area (Å²) in [4.78, 5) is 24.6. The summed E-state index contributed by atoms with van der Waals surface area (Å²) >= 11 is 4.53. The Balaban J connectivity index is 1.75. The molecule has 0 bridgehead atoms. The van der Waals surface area contributed by atoms with Crippen LogP contribution in [0.4, 0.5) is 5.69 Å². The number of nitrogens with one attached hydrogen (secondary N) is 1. The van der Waals surface area contributed by atoms with Crippen LogP contribution in [0.15, 0.2) is 80.0 Å². The molecule has 30 heavy (non-hydrogen) atoms. The minimum atomic E-state index is -0.605. The lowest BCUT2D eigenvalue weighted by atomic mass is 10.2. The molecule has 0 fully saturated rings. The van der Waals surface area contributed by atoms with Crippen LogP contribution in [0.25, 0.3) is 0 Å². The fourth-order valence-electron chi connectivity index (χ4n) is 2.49. The van der Waals surface area contributed by atoms with Gasteiger partial charge in [0.15, 0.2) is 0 Å². The van der Waals surface area contributed by atoms with Crippen molar-refractivity contribution in [2.75, 3.05) is 0 Å². The summed E-state index contributed by atoms with van der Waals surface area (Å²) in [5.41, 5.74) is 3.86. The molecule has 2 N–H and O–H groups in total. The second-order valence-electron chi connectivity index (χ2n) is 6.26. The van der Waals surface area contributed by atoms with Gasteiger partial charge in [0.1, 0.15) is 5.75 Å². The summed E-state index contributed by atoms with van der Waals surface area (Å²) in [7, 11) is 0. The van der Waals surface area contributed by atoms with E-state index in [-0.39, 0.29) is 17.0 Å². The van der Waals surface area contributed by atoms with Crippen molar-refractivity contribution in [2.24, 2.45) is 5.10 Å². The molecule has 3 aromatic carbocycles. The number of rotatable bonds is 6. The van der Waals surface area contributed by atoms with E-state index in [1.54, 1.807) is 18.2 Å². The summed E-state index contributed by atoms with van der Waals surface area (Å²) in [6, 6.07) is 16.9. The van der Waals surface area contributed by atoms with Crippen LogP contribution >= 0.6 is 27.7 Å². The molecule has 152 valence electrons. The Bertz CT molecular complexity index is 1130. The molecule has 0 heterocycles. The highest BCUT2D eigenvalue weighted by atomic mass is 79.9. The van der Waals surface area contributed by atoms with Crippen LogP contribution in [0.1, 0.15) is 21.5 Å². The summed E-state index contributed by atoms with van der Waals surface area (Å²) in [5, 5.41) is 25.1. The highest BCUT2D eigenvalue weighted by Gasteiger charge is 2.16. The largest absolute Gasteiger partial charge is 0.507 e. The van der Waals surface area contributed by atoms with Gasteiger partial charge in [0.2, 0.25) is 0 Å². The molecule has 0 aliphatic rings. The molecule has 3 rings (SSSR count). The predicted molar refractivity (Wildman–Crippen MR) is 119 cm³/mol. The number of benzene rings is 3. The lowest BCUT2D eigenvalue weighted by Crippen LogP contribution is -2.17. The SMILES string of the molecule is Cc1ccc(Sc2ccc(C=NNC(=O)c3cc(Br)ccc3O)cc2[N+](=O)[O-])cc1. The molecule has 0 atom stereocenters. The van der Waals surface area contributed by atoms with Crippen molar-refractivity contribution in [1.82, 2.24) is 5.43 Å². The number of nitrogens with zero attached hydrogens (tertiary/aromatic N) is 2. The monoisotopic (exact) mass is 485 g/mol. The molecular weight excluding hydrogens is 470 g/mol. The van der Waals surface area contributed by atoms with E-state index in [9.17, 15) is 20.0 Å². The summed E-state index contributed by atoms with van der Waals surface area (Å²) in [6.07, 6.45) is 1.31. The number of phenols is 1. The smallest absolute Gasteiger partial charge is 0.283 e. The Morgan fingerprint density at radius 1 is 1.17 bits per heavy atom. The average molecular weight is 486 g/mol. The number of hydrogen-bond donors (Lipinski definition) is 2. The third-order valence-corrected chi connectivity index (χ3v) is 5.58. The Morgan fingerprint density at radius 2 is 1.90 bits per heavy atom. The van der Waals surface area contributed by atoms with Crippen LogP contribution < -0.4 is 5.43 Å². The standard InChI is InChI=1S/C21H16BrN3O4S/c1-13-2-6-16(7-3-13)30-20-9-4-14(10-18(20)25(28)29)12-23-24-21(27)17-11-15(22)5-8-19(17)26/h2-12,26H,1H3,(H,24,27). The molecule has 0 saturated heterocycles. The van der Waals surface area contributed by atoms with E-state index in [2.05, 4.69) is 26.5 Å². The van der Waals surface area contributed by atoms with Gasteiger partial charge in [-0.1, -0.05) is 51.5 Å². The quantitative estimate of drug-likeness (QED) is 0.280. The first-order valence-corrected chi connectivity index (χ1v) is 10.3. The minimum Gasteiger partial charge on any atom is -0.507 e. The van der Waals surface area contributed by atoms with Crippen molar-refractivity contribution in [3.8, 4) is 5.75 Å². The minimum absolute atomic E-state index is 0.0531. The number of nitro groups is 1. The Hall–Kier alpha value is -3.17. The van der Waals surface area contributed by atoms with Gasteiger partial charge in [0.05, 0.1) is 21.6 Å². The Kier molecular flexibility index (Phi) is 6.86. The van der Waals surface area contributed by atoms with Crippen molar-refractivity contribution >= 4 is 45.5 Å². The van der Waals surface area contributed by atoms with Gasteiger partial charge in [-0.2, -0.15) is 5.10 Å². The topological polar surface area (TPSA) is 105 Å². The maximum Gasteiger partial charge on any atom is 0.283 e. The van der Waals surface area contributed by atoms with Crippen molar-refractivity contribution in [2.45, 2.75) is 16.7 Å². The highest BCUT2D eigenvalue weighted by Crippen LogP contribution is 2.35. The van der Waals surface area contributed by atoms with Crippen LogP contribution in [-0.2, 0) is 0 Å². The Morgan fingerprint density at radius 3 is 2.60 bits per heavy atom. The van der Waals surface area contributed by atoms with Crippen LogP contribution in [0.5, 0.6) is 5.75 Å². The van der Waals surface area contributed by atoms with E-state index in [4.69, 9.17) is 0 Å². The number of carbonyl (C=O) groups is 1.